The van der Waals surface area contributed by atoms with Gasteiger partial charge < -0.3 is 14.6 Å². The third-order valence-corrected chi connectivity index (χ3v) is 4.86. The molecular formula is C17H24N4O. The number of pyridine rings is 1. The predicted molar refractivity (Wildman–Crippen MR) is 85.8 cm³/mol. The van der Waals surface area contributed by atoms with E-state index in [0.29, 0.717) is 12.0 Å². The molecule has 2 aliphatic rings. The lowest BCUT2D eigenvalue weighted by molar-refractivity contribution is 0.109. The smallest absolute Gasteiger partial charge is 0.159 e. The predicted octanol–water partition coefficient (Wildman–Crippen LogP) is 2.15. The molecule has 2 aromatic rings. The fraction of sp³-hybridized carbons (Fsp3) is 0.647. The maximum absolute atomic E-state index is 5.81. The van der Waals surface area contributed by atoms with Gasteiger partial charge in [0.2, 0.25) is 0 Å². The van der Waals surface area contributed by atoms with E-state index in [4.69, 9.17) is 9.72 Å². The molecule has 22 heavy (non-hydrogen) atoms. The van der Waals surface area contributed by atoms with Crippen LogP contribution in [0.15, 0.2) is 18.3 Å². The number of nitrogens with zero attached hydrogens (tertiary/aromatic N) is 3. The van der Waals surface area contributed by atoms with Crippen molar-refractivity contribution >= 4 is 11.2 Å². The summed E-state index contributed by atoms with van der Waals surface area (Å²) in [4.78, 5) is 9.42. The zero-order valence-electron chi connectivity index (χ0n) is 13.0. The minimum atomic E-state index is 0.333. The van der Waals surface area contributed by atoms with E-state index in [2.05, 4.69) is 20.9 Å². The van der Waals surface area contributed by atoms with Crippen molar-refractivity contribution in [3.63, 3.8) is 0 Å². The molecule has 2 unspecified atom stereocenters. The Labute approximate surface area is 131 Å². The Balaban J connectivity index is 1.63. The van der Waals surface area contributed by atoms with E-state index < -0.39 is 0 Å². The highest BCUT2D eigenvalue weighted by molar-refractivity contribution is 5.71. The van der Waals surface area contributed by atoms with E-state index >= 15 is 0 Å². The lowest BCUT2D eigenvalue weighted by Crippen LogP contribution is -2.32. The Morgan fingerprint density at radius 1 is 1.32 bits per heavy atom. The van der Waals surface area contributed by atoms with E-state index in [0.717, 1.165) is 56.1 Å². The van der Waals surface area contributed by atoms with Crippen LogP contribution in [0, 0.1) is 5.92 Å². The van der Waals surface area contributed by atoms with Gasteiger partial charge in [-0.3, -0.25) is 0 Å². The summed E-state index contributed by atoms with van der Waals surface area (Å²) in [6.45, 7) is 4.17. The van der Waals surface area contributed by atoms with E-state index in [-0.39, 0.29) is 0 Å². The van der Waals surface area contributed by atoms with Crippen LogP contribution in [0.1, 0.15) is 31.5 Å². The highest BCUT2D eigenvalue weighted by atomic mass is 16.5. The number of aromatic nitrogens is 3. The molecule has 2 fully saturated rings. The van der Waals surface area contributed by atoms with Gasteiger partial charge in [-0.15, -0.1) is 0 Å². The third-order valence-electron chi connectivity index (χ3n) is 4.86. The summed E-state index contributed by atoms with van der Waals surface area (Å²) < 4.78 is 8.15. The summed E-state index contributed by atoms with van der Waals surface area (Å²) in [6.07, 6.45) is 8.01. The van der Waals surface area contributed by atoms with E-state index in [1.54, 1.807) is 0 Å². The van der Waals surface area contributed by atoms with Gasteiger partial charge in [0, 0.05) is 25.8 Å². The van der Waals surface area contributed by atoms with Crippen LogP contribution in [0.4, 0.5) is 0 Å². The normalized spacial score (nSPS) is 25.8. The maximum Gasteiger partial charge on any atom is 0.159 e. The van der Waals surface area contributed by atoms with Gasteiger partial charge in [-0.2, -0.15) is 0 Å². The molecule has 4 rings (SSSR count). The summed E-state index contributed by atoms with van der Waals surface area (Å²) in [5.74, 6) is 1.82. The van der Waals surface area contributed by atoms with Crippen molar-refractivity contribution in [2.45, 2.75) is 44.8 Å². The van der Waals surface area contributed by atoms with Crippen molar-refractivity contribution in [1.82, 2.24) is 19.9 Å². The monoisotopic (exact) mass is 300 g/mol. The molecule has 2 saturated heterocycles. The SMILES string of the molecule is c1cnc2c(c1)nc(CC1CCCO1)n2CC1CCCNC1. The Hall–Kier alpha value is -1.46. The van der Waals surface area contributed by atoms with Gasteiger partial charge in [-0.1, -0.05) is 0 Å². The fourth-order valence-electron chi connectivity index (χ4n) is 3.70. The second kappa shape index (κ2) is 6.34. The summed E-state index contributed by atoms with van der Waals surface area (Å²) in [7, 11) is 0. The Morgan fingerprint density at radius 2 is 2.32 bits per heavy atom. The number of ether oxygens (including phenoxy) is 1. The van der Waals surface area contributed by atoms with Gasteiger partial charge in [0.15, 0.2) is 5.65 Å². The van der Waals surface area contributed by atoms with Gasteiger partial charge in [-0.05, 0) is 56.8 Å². The molecule has 5 nitrogen and oxygen atoms in total. The van der Waals surface area contributed by atoms with Crippen LogP contribution in [0.25, 0.3) is 11.2 Å². The molecule has 2 aromatic heterocycles. The molecule has 2 aliphatic heterocycles. The quantitative estimate of drug-likeness (QED) is 0.940. The van der Waals surface area contributed by atoms with E-state index in [1.165, 1.54) is 19.3 Å². The molecule has 0 bridgehead atoms. The molecular weight excluding hydrogens is 276 g/mol. The highest BCUT2D eigenvalue weighted by Crippen LogP contribution is 2.23. The summed E-state index contributed by atoms with van der Waals surface area (Å²) in [5, 5.41) is 3.51. The van der Waals surface area contributed by atoms with Crippen LogP contribution in [-0.4, -0.2) is 40.3 Å². The van der Waals surface area contributed by atoms with Crippen LogP contribution in [0.5, 0.6) is 0 Å². The zero-order valence-corrected chi connectivity index (χ0v) is 13.0. The molecule has 0 spiro atoms. The first-order valence-electron chi connectivity index (χ1n) is 8.52. The maximum atomic E-state index is 5.81. The van der Waals surface area contributed by atoms with Crippen molar-refractivity contribution in [2.75, 3.05) is 19.7 Å². The van der Waals surface area contributed by atoms with Gasteiger partial charge in [0.1, 0.15) is 11.3 Å². The molecule has 0 amide bonds. The second-order valence-corrected chi connectivity index (χ2v) is 6.54. The molecule has 118 valence electrons. The van der Waals surface area contributed by atoms with Gasteiger partial charge in [-0.25, -0.2) is 9.97 Å². The lowest BCUT2D eigenvalue weighted by atomic mass is 9.99. The third kappa shape index (κ3) is 2.88. The molecule has 0 radical (unpaired) electrons. The van der Waals surface area contributed by atoms with Gasteiger partial charge in [0.25, 0.3) is 0 Å². The molecule has 1 N–H and O–H groups in total. The number of hydrogen-bond acceptors (Lipinski definition) is 4. The van der Waals surface area contributed by atoms with Gasteiger partial charge in [0.05, 0.1) is 6.10 Å². The topological polar surface area (TPSA) is 52.0 Å². The van der Waals surface area contributed by atoms with Crippen LogP contribution < -0.4 is 5.32 Å². The van der Waals surface area contributed by atoms with Crippen molar-refractivity contribution < 1.29 is 4.74 Å². The molecule has 0 aliphatic carbocycles. The van der Waals surface area contributed by atoms with Crippen molar-refractivity contribution in [2.24, 2.45) is 5.92 Å². The minimum absolute atomic E-state index is 0.333. The summed E-state index contributed by atoms with van der Waals surface area (Å²) in [6, 6.07) is 4.04. The van der Waals surface area contributed by atoms with Crippen molar-refractivity contribution in [3.8, 4) is 0 Å². The number of rotatable bonds is 4. The largest absolute Gasteiger partial charge is 0.378 e. The van der Waals surface area contributed by atoms with Crippen molar-refractivity contribution in [3.05, 3.63) is 24.2 Å². The van der Waals surface area contributed by atoms with Crippen LogP contribution in [-0.2, 0) is 17.7 Å². The molecule has 5 heteroatoms. The van der Waals surface area contributed by atoms with Crippen LogP contribution in [0.3, 0.4) is 0 Å². The number of imidazole rings is 1. The average Bonchev–Trinajstić information content (AvgIpc) is 3.18. The van der Waals surface area contributed by atoms with Gasteiger partial charge >= 0.3 is 0 Å². The second-order valence-electron chi connectivity index (χ2n) is 6.54. The first kappa shape index (κ1) is 14.2. The Morgan fingerprint density at radius 3 is 3.14 bits per heavy atom. The number of hydrogen-bond donors (Lipinski definition) is 1. The Bertz CT molecular complexity index is 627. The Kier molecular flexibility index (Phi) is 4.08. The average molecular weight is 300 g/mol. The number of nitrogens with one attached hydrogen (secondary N) is 1. The summed E-state index contributed by atoms with van der Waals surface area (Å²) >= 11 is 0. The molecule has 0 aromatic carbocycles. The first-order valence-corrected chi connectivity index (χ1v) is 8.52. The fourth-order valence-corrected chi connectivity index (χ4v) is 3.70. The summed E-state index contributed by atoms with van der Waals surface area (Å²) in [5.41, 5.74) is 2.04. The van der Waals surface area contributed by atoms with Crippen LogP contribution in [0.2, 0.25) is 0 Å². The lowest BCUT2D eigenvalue weighted by Gasteiger charge is -2.24. The number of piperidine rings is 1. The molecule has 4 heterocycles. The number of fused-ring (bicyclic) bond motifs is 1. The molecule has 0 saturated carbocycles. The standard InChI is InChI=1S/C17H24N4O/c1-4-13(11-18-7-1)12-21-16(10-14-5-3-9-22-14)20-15-6-2-8-19-17(15)21/h2,6,8,13-14,18H,1,3-5,7,9-12H2. The van der Waals surface area contributed by atoms with Crippen molar-refractivity contribution in [1.29, 1.82) is 0 Å². The van der Waals surface area contributed by atoms with Crippen LogP contribution >= 0.6 is 0 Å². The minimum Gasteiger partial charge on any atom is -0.378 e. The molecule has 2 atom stereocenters. The van der Waals surface area contributed by atoms with E-state index in [9.17, 15) is 0 Å². The first-order chi connectivity index (χ1) is 10.9. The highest BCUT2D eigenvalue weighted by Gasteiger charge is 2.22. The van der Waals surface area contributed by atoms with E-state index in [1.807, 2.05) is 12.3 Å². The zero-order chi connectivity index (χ0) is 14.8.